The molecule has 4 nitrogen and oxygen atoms in total. The molecular weight excluding hydrogens is 310 g/mol. The monoisotopic (exact) mass is 329 g/mol. The highest BCUT2D eigenvalue weighted by atomic mass is 79.9. The van der Waals surface area contributed by atoms with Gasteiger partial charge in [-0.3, -0.25) is 0 Å². The molecule has 0 bridgehead atoms. The number of aliphatic hydroxyl groups excluding tert-OH is 1. The van der Waals surface area contributed by atoms with Crippen molar-refractivity contribution in [2.45, 2.75) is 25.9 Å². The Morgan fingerprint density at radius 3 is 2.95 bits per heavy atom. The third kappa shape index (κ3) is 3.84. The topological polar surface area (TPSA) is 50.7 Å². The summed E-state index contributed by atoms with van der Waals surface area (Å²) < 4.78 is 12.1. The van der Waals surface area contributed by atoms with Crippen molar-refractivity contribution in [3.63, 3.8) is 0 Å². The Bertz CT molecular complexity index is 425. The van der Waals surface area contributed by atoms with Gasteiger partial charge in [-0.15, -0.1) is 0 Å². The van der Waals surface area contributed by atoms with Crippen molar-refractivity contribution in [2.75, 3.05) is 26.3 Å². The lowest BCUT2D eigenvalue weighted by atomic mass is 10.1. The van der Waals surface area contributed by atoms with Crippen LogP contribution in [0, 0.1) is 0 Å². The molecule has 0 spiro atoms. The van der Waals surface area contributed by atoms with Crippen LogP contribution < -0.4 is 14.8 Å². The zero-order chi connectivity index (χ0) is 13.7. The molecule has 0 radical (unpaired) electrons. The van der Waals surface area contributed by atoms with Gasteiger partial charge in [0.2, 0.25) is 0 Å². The fourth-order valence-electron chi connectivity index (χ4n) is 1.98. The van der Waals surface area contributed by atoms with Crippen LogP contribution in [0.2, 0.25) is 0 Å². The van der Waals surface area contributed by atoms with Crippen LogP contribution >= 0.6 is 15.9 Å². The summed E-state index contributed by atoms with van der Waals surface area (Å²) in [6.45, 7) is 4.85. The molecule has 5 heteroatoms. The van der Waals surface area contributed by atoms with Crippen molar-refractivity contribution >= 4 is 15.9 Å². The molecule has 1 aromatic rings. The van der Waals surface area contributed by atoms with Crippen LogP contribution in [-0.4, -0.2) is 31.4 Å². The van der Waals surface area contributed by atoms with E-state index in [1.54, 1.807) is 0 Å². The highest BCUT2D eigenvalue weighted by molar-refractivity contribution is 9.10. The predicted molar refractivity (Wildman–Crippen MR) is 77.9 cm³/mol. The molecule has 1 atom stereocenters. The maximum atomic E-state index is 10.2. The highest BCUT2D eigenvalue weighted by Gasteiger charge is 2.18. The van der Waals surface area contributed by atoms with E-state index in [0.29, 0.717) is 25.5 Å². The second-order valence-electron chi connectivity index (χ2n) is 4.60. The fraction of sp³-hybridized carbons (Fsp3) is 0.571. The summed E-state index contributed by atoms with van der Waals surface area (Å²) in [7, 11) is 0. The molecule has 1 aromatic carbocycles. The van der Waals surface area contributed by atoms with Crippen molar-refractivity contribution in [3.8, 4) is 11.5 Å². The van der Waals surface area contributed by atoms with Gasteiger partial charge < -0.3 is 19.9 Å². The molecule has 0 aromatic heterocycles. The van der Waals surface area contributed by atoms with Crippen LogP contribution in [0.25, 0.3) is 0 Å². The van der Waals surface area contributed by atoms with Gasteiger partial charge in [-0.1, -0.05) is 6.92 Å². The van der Waals surface area contributed by atoms with Gasteiger partial charge in [0.05, 0.1) is 23.8 Å². The van der Waals surface area contributed by atoms with Crippen LogP contribution in [0.4, 0.5) is 0 Å². The zero-order valence-electron chi connectivity index (χ0n) is 11.1. The number of halogens is 1. The first kappa shape index (κ1) is 14.6. The lowest BCUT2D eigenvalue weighted by molar-refractivity contribution is 0.174. The Hall–Kier alpha value is -0.780. The average Bonchev–Trinajstić information content (AvgIpc) is 2.64. The maximum Gasteiger partial charge on any atom is 0.175 e. The van der Waals surface area contributed by atoms with Crippen molar-refractivity contribution in [1.29, 1.82) is 0 Å². The molecule has 1 heterocycles. The van der Waals surface area contributed by atoms with Gasteiger partial charge in [0.15, 0.2) is 11.5 Å². The number of hydrogen-bond acceptors (Lipinski definition) is 4. The van der Waals surface area contributed by atoms with E-state index in [2.05, 4.69) is 28.2 Å². The van der Waals surface area contributed by atoms with Crippen LogP contribution in [0.3, 0.4) is 0 Å². The van der Waals surface area contributed by atoms with Gasteiger partial charge in [-0.05, 0) is 46.6 Å². The average molecular weight is 330 g/mol. The SMILES string of the molecule is CCCNCC(O)c1cc(Br)c2c(c1)OCCCO2. The van der Waals surface area contributed by atoms with E-state index in [9.17, 15) is 5.11 Å². The van der Waals surface area contributed by atoms with E-state index in [1.165, 1.54) is 0 Å². The van der Waals surface area contributed by atoms with Gasteiger partial charge in [0.25, 0.3) is 0 Å². The summed E-state index contributed by atoms with van der Waals surface area (Å²) in [5.41, 5.74) is 0.833. The number of aliphatic hydroxyl groups is 1. The third-order valence-electron chi connectivity index (χ3n) is 2.97. The minimum atomic E-state index is -0.542. The second kappa shape index (κ2) is 7.12. The minimum absolute atomic E-state index is 0.542. The molecule has 1 aliphatic rings. The van der Waals surface area contributed by atoms with Gasteiger partial charge in [0.1, 0.15) is 0 Å². The Balaban J connectivity index is 2.13. The van der Waals surface area contributed by atoms with E-state index in [4.69, 9.17) is 9.47 Å². The van der Waals surface area contributed by atoms with E-state index < -0.39 is 6.10 Å². The van der Waals surface area contributed by atoms with E-state index in [0.717, 1.165) is 35.2 Å². The van der Waals surface area contributed by atoms with Gasteiger partial charge in [-0.25, -0.2) is 0 Å². The summed E-state index contributed by atoms with van der Waals surface area (Å²) in [6.07, 6.45) is 1.38. The molecular formula is C14H20BrNO3. The van der Waals surface area contributed by atoms with Gasteiger partial charge >= 0.3 is 0 Å². The molecule has 0 fully saturated rings. The molecule has 0 saturated heterocycles. The quantitative estimate of drug-likeness (QED) is 0.815. The van der Waals surface area contributed by atoms with Crippen molar-refractivity contribution < 1.29 is 14.6 Å². The van der Waals surface area contributed by atoms with Gasteiger partial charge in [-0.2, -0.15) is 0 Å². The maximum absolute atomic E-state index is 10.2. The van der Waals surface area contributed by atoms with E-state index in [-0.39, 0.29) is 0 Å². The highest BCUT2D eigenvalue weighted by Crippen LogP contribution is 2.39. The Morgan fingerprint density at radius 2 is 2.16 bits per heavy atom. The number of benzene rings is 1. The minimum Gasteiger partial charge on any atom is -0.490 e. The molecule has 19 heavy (non-hydrogen) atoms. The van der Waals surface area contributed by atoms with Crippen LogP contribution in [-0.2, 0) is 0 Å². The zero-order valence-corrected chi connectivity index (χ0v) is 12.7. The Morgan fingerprint density at radius 1 is 1.37 bits per heavy atom. The van der Waals surface area contributed by atoms with Crippen molar-refractivity contribution in [3.05, 3.63) is 22.2 Å². The molecule has 0 aliphatic carbocycles. The van der Waals surface area contributed by atoms with E-state index in [1.807, 2.05) is 12.1 Å². The lowest BCUT2D eigenvalue weighted by Crippen LogP contribution is -2.22. The summed E-state index contributed by atoms with van der Waals surface area (Å²) in [5.74, 6) is 1.44. The summed E-state index contributed by atoms with van der Waals surface area (Å²) in [5, 5.41) is 13.4. The van der Waals surface area contributed by atoms with Crippen molar-refractivity contribution in [2.24, 2.45) is 0 Å². The van der Waals surface area contributed by atoms with Gasteiger partial charge in [0, 0.05) is 13.0 Å². The molecule has 106 valence electrons. The molecule has 2 rings (SSSR count). The summed E-state index contributed by atoms with van der Waals surface area (Å²) >= 11 is 3.48. The van der Waals surface area contributed by atoms with E-state index >= 15 is 0 Å². The number of rotatable bonds is 5. The standard InChI is InChI=1S/C14H20BrNO3/c1-2-4-16-9-12(17)10-7-11(15)14-13(8-10)18-5-3-6-19-14/h7-8,12,16-17H,2-6,9H2,1H3. The molecule has 0 amide bonds. The normalized spacial score (nSPS) is 15.9. The second-order valence-corrected chi connectivity index (χ2v) is 5.45. The first-order valence-corrected chi connectivity index (χ1v) is 7.49. The number of hydrogen-bond donors (Lipinski definition) is 2. The largest absolute Gasteiger partial charge is 0.490 e. The molecule has 1 aliphatic heterocycles. The van der Waals surface area contributed by atoms with Crippen LogP contribution in [0.15, 0.2) is 16.6 Å². The summed E-state index contributed by atoms with van der Waals surface area (Å²) in [6, 6.07) is 3.76. The molecule has 1 unspecified atom stereocenters. The Kier molecular flexibility index (Phi) is 5.48. The first-order valence-electron chi connectivity index (χ1n) is 6.70. The Labute approximate surface area is 122 Å². The van der Waals surface area contributed by atoms with Crippen molar-refractivity contribution in [1.82, 2.24) is 5.32 Å². The number of ether oxygens (including phenoxy) is 2. The number of nitrogens with one attached hydrogen (secondary N) is 1. The first-order chi connectivity index (χ1) is 9.22. The van der Waals surface area contributed by atoms with Crippen LogP contribution in [0.1, 0.15) is 31.4 Å². The summed E-state index contributed by atoms with van der Waals surface area (Å²) in [4.78, 5) is 0. The fourth-order valence-corrected chi connectivity index (χ4v) is 2.55. The molecule has 2 N–H and O–H groups in total. The third-order valence-corrected chi connectivity index (χ3v) is 3.56. The van der Waals surface area contributed by atoms with Crippen LogP contribution in [0.5, 0.6) is 11.5 Å². The smallest absolute Gasteiger partial charge is 0.175 e. The number of fused-ring (bicyclic) bond motifs is 1. The molecule has 0 saturated carbocycles. The lowest BCUT2D eigenvalue weighted by Gasteiger charge is -2.16. The predicted octanol–water partition coefficient (Wildman–Crippen LogP) is 2.64.